The smallest absolute Gasteiger partial charge is 0.256 e. The summed E-state index contributed by atoms with van der Waals surface area (Å²) in [5.41, 5.74) is 0.564. The molecule has 5 nitrogen and oxygen atoms in total. The van der Waals surface area contributed by atoms with Crippen molar-refractivity contribution in [3.05, 3.63) is 65.7 Å². The van der Waals surface area contributed by atoms with Crippen molar-refractivity contribution in [2.24, 2.45) is 23.7 Å². The van der Waals surface area contributed by atoms with Crippen LogP contribution in [0.1, 0.15) is 43.2 Å². The Kier molecular flexibility index (Phi) is 6.44. The van der Waals surface area contributed by atoms with Crippen molar-refractivity contribution in [1.29, 1.82) is 0 Å². The normalized spacial score (nSPS) is 26.9. The third-order valence-corrected chi connectivity index (χ3v) is 8.27. The van der Waals surface area contributed by atoms with E-state index in [1.165, 1.54) is 12.0 Å². The zero-order chi connectivity index (χ0) is 22.8. The number of hydrogen-bond acceptors (Lipinski definition) is 4. The zero-order valence-electron chi connectivity index (χ0n) is 19.6. The van der Waals surface area contributed by atoms with Crippen LogP contribution >= 0.6 is 0 Å². The molecule has 2 aromatic carbocycles. The van der Waals surface area contributed by atoms with E-state index in [1.54, 1.807) is 7.11 Å². The van der Waals surface area contributed by atoms with Gasteiger partial charge in [0.2, 0.25) is 0 Å². The number of hydrogen-bond donors (Lipinski definition) is 2. The third-order valence-electron chi connectivity index (χ3n) is 8.27. The van der Waals surface area contributed by atoms with Gasteiger partial charge in [0.15, 0.2) is 5.60 Å². The molecule has 0 radical (unpaired) electrons. The Labute approximate surface area is 197 Å². The number of piperidine rings is 1. The Bertz CT molecular complexity index is 929. The van der Waals surface area contributed by atoms with E-state index in [1.807, 2.05) is 24.3 Å². The second-order valence-electron chi connectivity index (χ2n) is 10.2. The van der Waals surface area contributed by atoms with Crippen LogP contribution in [0.2, 0.25) is 0 Å². The standard InChI is InChI=1S/C28H36N2O3/c1-33-23-14-12-22(13-15-23)28(32,21-10-6-3-7-11-21)27(31)29-16-24-25-18-30(19-26(24)25)17-20-8-4-2-5-9-20/h2,4-5,8-9,12-15,21,24-26,32H,3,6-7,10-11,16-19H2,1H3,(H,29,31)/t24?,25-,26?,28+/m1/s1. The lowest BCUT2D eigenvalue weighted by atomic mass is 9.72. The highest BCUT2D eigenvalue weighted by molar-refractivity contribution is 5.86. The van der Waals surface area contributed by atoms with Crippen LogP contribution in [-0.2, 0) is 16.9 Å². The minimum absolute atomic E-state index is 0.0419. The van der Waals surface area contributed by atoms with Crippen molar-refractivity contribution < 1.29 is 14.6 Å². The molecule has 3 fully saturated rings. The molecular formula is C28H36N2O3. The van der Waals surface area contributed by atoms with Crippen molar-refractivity contribution in [2.45, 2.75) is 44.2 Å². The topological polar surface area (TPSA) is 61.8 Å². The minimum Gasteiger partial charge on any atom is -0.497 e. The van der Waals surface area contributed by atoms with Gasteiger partial charge in [-0.25, -0.2) is 0 Å². The van der Waals surface area contributed by atoms with E-state index in [0.29, 0.717) is 29.9 Å². The van der Waals surface area contributed by atoms with E-state index < -0.39 is 5.60 Å². The maximum Gasteiger partial charge on any atom is 0.256 e. The third kappa shape index (κ3) is 4.53. The number of methoxy groups -OCH3 is 1. The second-order valence-corrected chi connectivity index (χ2v) is 10.2. The molecule has 176 valence electrons. The van der Waals surface area contributed by atoms with Gasteiger partial charge in [-0.05, 0) is 53.9 Å². The van der Waals surface area contributed by atoms with Gasteiger partial charge in [0.05, 0.1) is 7.11 Å². The lowest BCUT2D eigenvalue weighted by Crippen LogP contribution is -2.50. The van der Waals surface area contributed by atoms with Crippen molar-refractivity contribution >= 4 is 5.91 Å². The second kappa shape index (κ2) is 9.47. The molecule has 2 unspecified atom stereocenters. The summed E-state index contributed by atoms with van der Waals surface area (Å²) in [6.07, 6.45) is 5.10. The van der Waals surface area contributed by atoms with Crippen LogP contribution in [0, 0.1) is 23.7 Å². The molecule has 5 rings (SSSR count). The molecule has 33 heavy (non-hydrogen) atoms. The van der Waals surface area contributed by atoms with E-state index in [0.717, 1.165) is 51.1 Å². The Hall–Kier alpha value is -2.37. The molecular weight excluding hydrogens is 412 g/mol. The minimum atomic E-state index is -1.48. The van der Waals surface area contributed by atoms with Crippen LogP contribution in [0.5, 0.6) is 5.75 Å². The van der Waals surface area contributed by atoms with Gasteiger partial charge in [-0.1, -0.05) is 61.7 Å². The largest absolute Gasteiger partial charge is 0.497 e. The molecule has 0 spiro atoms. The molecule has 1 amide bonds. The van der Waals surface area contributed by atoms with Gasteiger partial charge in [0.25, 0.3) is 5.91 Å². The number of carbonyl (C=O) groups is 1. The fourth-order valence-corrected chi connectivity index (χ4v) is 6.27. The van der Waals surface area contributed by atoms with Crippen LogP contribution in [0.25, 0.3) is 0 Å². The number of ether oxygens (including phenoxy) is 1. The lowest BCUT2D eigenvalue weighted by molar-refractivity contribution is -0.149. The zero-order valence-corrected chi connectivity index (χ0v) is 19.6. The number of nitrogens with zero attached hydrogens (tertiary/aromatic N) is 1. The summed E-state index contributed by atoms with van der Waals surface area (Å²) in [4.78, 5) is 16.0. The van der Waals surface area contributed by atoms with Crippen molar-refractivity contribution in [1.82, 2.24) is 10.2 Å². The van der Waals surface area contributed by atoms with Crippen molar-refractivity contribution in [2.75, 3.05) is 26.7 Å². The maximum absolute atomic E-state index is 13.5. The van der Waals surface area contributed by atoms with Gasteiger partial charge < -0.3 is 15.2 Å². The summed E-state index contributed by atoms with van der Waals surface area (Å²) in [7, 11) is 1.63. The van der Waals surface area contributed by atoms with Gasteiger partial charge in [0, 0.05) is 32.1 Å². The molecule has 1 heterocycles. The molecule has 1 saturated heterocycles. The van der Waals surface area contributed by atoms with E-state index in [9.17, 15) is 9.90 Å². The Morgan fingerprint density at radius 3 is 2.33 bits per heavy atom. The van der Waals surface area contributed by atoms with Crippen LogP contribution in [0.4, 0.5) is 0 Å². The van der Waals surface area contributed by atoms with Crippen LogP contribution < -0.4 is 10.1 Å². The average Bonchev–Trinajstić information content (AvgIpc) is 3.33. The summed E-state index contributed by atoms with van der Waals surface area (Å²) in [5, 5.41) is 15.0. The highest BCUT2D eigenvalue weighted by Gasteiger charge is 2.55. The van der Waals surface area contributed by atoms with Crippen molar-refractivity contribution in [3.63, 3.8) is 0 Å². The summed E-state index contributed by atoms with van der Waals surface area (Å²) in [5.74, 6) is 2.32. The highest BCUT2D eigenvalue weighted by atomic mass is 16.5. The van der Waals surface area contributed by atoms with E-state index >= 15 is 0 Å². The molecule has 3 aliphatic rings. The van der Waals surface area contributed by atoms with Gasteiger partial charge in [0.1, 0.15) is 5.75 Å². The number of likely N-dealkylation sites (tertiary alicyclic amines) is 1. The first-order valence-electron chi connectivity index (χ1n) is 12.5. The Balaban J connectivity index is 1.20. The number of aliphatic hydroxyl groups is 1. The number of benzene rings is 2. The Morgan fingerprint density at radius 1 is 1.03 bits per heavy atom. The predicted octanol–water partition coefficient (Wildman–Crippen LogP) is 3.96. The van der Waals surface area contributed by atoms with Crippen LogP contribution in [-0.4, -0.2) is 42.7 Å². The van der Waals surface area contributed by atoms with Gasteiger partial charge in [-0.2, -0.15) is 0 Å². The summed E-state index contributed by atoms with van der Waals surface area (Å²) in [6.45, 7) is 3.88. The number of fused-ring (bicyclic) bond motifs is 1. The van der Waals surface area contributed by atoms with Gasteiger partial charge in [-0.3, -0.25) is 9.69 Å². The predicted molar refractivity (Wildman–Crippen MR) is 129 cm³/mol. The van der Waals surface area contributed by atoms with Gasteiger partial charge in [-0.15, -0.1) is 0 Å². The number of rotatable bonds is 8. The lowest BCUT2D eigenvalue weighted by Gasteiger charge is -2.37. The summed E-state index contributed by atoms with van der Waals surface area (Å²) >= 11 is 0. The highest BCUT2D eigenvalue weighted by Crippen LogP contribution is 2.51. The quantitative estimate of drug-likeness (QED) is 0.642. The molecule has 1 aliphatic heterocycles. The fourth-order valence-electron chi connectivity index (χ4n) is 6.27. The molecule has 2 aromatic rings. The fraction of sp³-hybridized carbons (Fsp3) is 0.536. The van der Waals surface area contributed by atoms with E-state index in [4.69, 9.17) is 4.74 Å². The number of carbonyl (C=O) groups excluding carboxylic acids is 1. The molecule has 5 heteroatoms. The molecule has 2 aliphatic carbocycles. The average molecular weight is 449 g/mol. The molecule has 0 aromatic heterocycles. The van der Waals surface area contributed by atoms with Crippen molar-refractivity contribution in [3.8, 4) is 5.75 Å². The maximum atomic E-state index is 13.5. The van der Waals surface area contributed by atoms with Gasteiger partial charge >= 0.3 is 0 Å². The first-order valence-corrected chi connectivity index (χ1v) is 12.5. The Morgan fingerprint density at radius 2 is 1.70 bits per heavy atom. The summed E-state index contributed by atoms with van der Waals surface area (Å²) in [6, 6.07) is 18.0. The molecule has 0 bridgehead atoms. The first-order chi connectivity index (χ1) is 16.1. The molecule has 4 atom stereocenters. The van der Waals surface area contributed by atoms with Crippen LogP contribution in [0.3, 0.4) is 0 Å². The molecule has 2 N–H and O–H groups in total. The number of nitrogens with one attached hydrogen (secondary N) is 1. The van der Waals surface area contributed by atoms with Crippen LogP contribution in [0.15, 0.2) is 54.6 Å². The monoisotopic (exact) mass is 448 g/mol. The van der Waals surface area contributed by atoms with E-state index in [-0.39, 0.29) is 11.8 Å². The SMILES string of the molecule is COc1ccc([C@](O)(C(=O)NCC2C3CN(Cc4ccccc4)C[C@H]23)C2CCCCC2)cc1. The first kappa shape index (κ1) is 22.4. The summed E-state index contributed by atoms with van der Waals surface area (Å²) < 4.78 is 5.28. The number of amides is 1. The van der Waals surface area contributed by atoms with E-state index in [2.05, 4.69) is 40.5 Å². The molecule has 2 saturated carbocycles.